The SMILES string of the molecule is C=C1C=CC2(C)C(=C1)CCC1C2C(O)CC2(C)C1CC1OC(c3ccc(N)cc3)OC12C(=O)CO. The number of carbonyl (C=O) groups is 1. The zero-order valence-corrected chi connectivity index (χ0v) is 20.4. The van der Waals surface area contributed by atoms with Gasteiger partial charge in [0.1, 0.15) is 6.61 Å². The van der Waals surface area contributed by atoms with Gasteiger partial charge in [-0.15, -0.1) is 0 Å². The van der Waals surface area contributed by atoms with Crippen LogP contribution in [0.2, 0.25) is 0 Å². The van der Waals surface area contributed by atoms with Crippen molar-refractivity contribution < 1.29 is 24.5 Å². The highest BCUT2D eigenvalue weighted by Crippen LogP contribution is 2.70. The predicted octanol–water partition coefficient (Wildman–Crippen LogP) is 3.86. The minimum atomic E-state index is -1.29. The van der Waals surface area contributed by atoms with Crippen LogP contribution in [0.15, 0.2) is 60.2 Å². The summed E-state index contributed by atoms with van der Waals surface area (Å²) in [7, 11) is 0. The maximum absolute atomic E-state index is 13.5. The fourth-order valence-corrected chi connectivity index (χ4v) is 8.56. The van der Waals surface area contributed by atoms with Crippen LogP contribution in [0.4, 0.5) is 5.69 Å². The first-order valence-electron chi connectivity index (χ1n) is 12.7. The van der Waals surface area contributed by atoms with Gasteiger partial charge in [-0.3, -0.25) is 4.79 Å². The summed E-state index contributed by atoms with van der Waals surface area (Å²) in [6.07, 6.45) is 7.67. The lowest BCUT2D eigenvalue weighted by Crippen LogP contribution is -2.63. The monoisotopic (exact) mass is 477 g/mol. The zero-order chi connectivity index (χ0) is 24.8. The van der Waals surface area contributed by atoms with Crippen molar-refractivity contribution in [3.8, 4) is 0 Å². The van der Waals surface area contributed by atoms with E-state index in [4.69, 9.17) is 15.2 Å². The van der Waals surface area contributed by atoms with Gasteiger partial charge in [-0.25, -0.2) is 0 Å². The Bertz CT molecular complexity index is 1140. The van der Waals surface area contributed by atoms with Gasteiger partial charge in [0.2, 0.25) is 0 Å². The van der Waals surface area contributed by atoms with Crippen molar-refractivity contribution >= 4 is 11.5 Å². The molecule has 0 bridgehead atoms. The lowest BCUT2D eigenvalue weighted by Gasteiger charge is -2.59. The Kier molecular flexibility index (Phi) is 5.05. The topological polar surface area (TPSA) is 102 Å². The van der Waals surface area contributed by atoms with Gasteiger partial charge >= 0.3 is 0 Å². The number of allylic oxidation sites excluding steroid dienone is 5. The minimum Gasteiger partial charge on any atom is -0.399 e. The molecule has 6 nitrogen and oxygen atoms in total. The van der Waals surface area contributed by atoms with E-state index < -0.39 is 36.1 Å². The van der Waals surface area contributed by atoms with E-state index in [0.717, 1.165) is 24.0 Å². The number of Topliss-reactive ketones (excluding diaryl/α,β-unsaturated/α-hetero) is 1. The molecule has 6 heteroatoms. The lowest BCUT2D eigenvalue weighted by atomic mass is 9.46. The number of aliphatic hydroxyl groups is 2. The molecule has 5 aliphatic rings. The predicted molar refractivity (Wildman–Crippen MR) is 132 cm³/mol. The van der Waals surface area contributed by atoms with Gasteiger partial charge in [0, 0.05) is 28.0 Å². The van der Waals surface area contributed by atoms with E-state index in [-0.39, 0.29) is 29.0 Å². The molecule has 1 aromatic carbocycles. The van der Waals surface area contributed by atoms with Crippen molar-refractivity contribution in [3.05, 3.63) is 65.8 Å². The van der Waals surface area contributed by atoms with Crippen molar-refractivity contribution in [2.45, 2.75) is 63.6 Å². The number of nitrogen functional groups attached to an aromatic ring is 1. The van der Waals surface area contributed by atoms with Crippen molar-refractivity contribution in [1.82, 2.24) is 0 Å². The molecule has 1 heterocycles. The Morgan fingerprint density at radius 3 is 2.71 bits per heavy atom. The Balaban J connectivity index is 1.39. The van der Waals surface area contributed by atoms with Crippen molar-refractivity contribution in [3.63, 3.8) is 0 Å². The largest absolute Gasteiger partial charge is 0.399 e. The van der Waals surface area contributed by atoms with Gasteiger partial charge in [-0.05, 0) is 55.2 Å². The van der Waals surface area contributed by atoms with E-state index in [9.17, 15) is 15.0 Å². The summed E-state index contributed by atoms with van der Waals surface area (Å²) in [6.45, 7) is 7.81. The molecular formula is C29H35NO5. The average Bonchev–Trinajstić information content (AvgIpc) is 3.32. The first-order valence-corrected chi connectivity index (χ1v) is 12.7. The fraction of sp³-hybridized carbons (Fsp3) is 0.552. The number of hydrogen-bond donors (Lipinski definition) is 3. The molecule has 186 valence electrons. The Hall–Kier alpha value is -2.25. The van der Waals surface area contributed by atoms with Crippen LogP contribution in [-0.4, -0.2) is 40.4 Å². The quantitative estimate of drug-likeness (QED) is 0.572. The molecule has 6 rings (SSSR count). The summed E-state index contributed by atoms with van der Waals surface area (Å²) in [6, 6.07) is 7.28. The van der Waals surface area contributed by atoms with Gasteiger partial charge < -0.3 is 25.4 Å². The van der Waals surface area contributed by atoms with Gasteiger partial charge in [-0.2, -0.15) is 0 Å². The maximum Gasteiger partial charge on any atom is 0.193 e. The number of nitrogens with two attached hydrogens (primary N) is 1. The standard InChI is InChI=1S/C29H35NO5/c1-16-10-11-27(2)18(12-16)6-9-20-21-13-24-29(23(33)15-31,28(21,3)14-22(32)25(20)27)35-26(34-24)17-4-7-19(30)8-5-17/h4-5,7-8,10-12,20-22,24-26,31-32H,1,6,9,13-15,30H2,2-3H3. The first kappa shape index (κ1) is 23.2. The van der Waals surface area contributed by atoms with Crippen LogP contribution < -0.4 is 5.73 Å². The van der Waals surface area contributed by atoms with Crippen molar-refractivity contribution in [2.24, 2.45) is 28.6 Å². The van der Waals surface area contributed by atoms with Gasteiger partial charge in [0.25, 0.3) is 0 Å². The summed E-state index contributed by atoms with van der Waals surface area (Å²) in [5.41, 5.74) is 7.45. The molecule has 1 aliphatic heterocycles. The number of anilines is 1. The van der Waals surface area contributed by atoms with E-state index in [1.807, 2.05) is 12.1 Å². The van der Waals surface area contributed by atoms with E-state index in [2.05, 4.69) is 38.7 Å². The number of fused-ring (bicyclic) bond motifs is 7. The van der Waals surface area contributed by atoms with E-state index in [0.29, 0.717) is 18.5 Å². The number of hydrogen-bond acceptors (Lipinski definition) is 6. The van der Waals surface area contributed by atoms with E-state index in [1.54, 1.807) is 12.1 Å². The molecule has 4 N–H and O–H groups in total. The number of carbonyl (C=O) groups excluding carboxylic acids is 1. The molecule has 0 aromatic heterocycles. The van der Waals surface area contributed by atoms with Crippen LogP contribution in [0.25, 0.3) is 0 Å². The van der Waals surface area contributed by atoms with Crippen LogP contribution in [0.3, 0.4) is 0 Å². The highest BCUT2D eigenvalue weighted by Gasteiger charge is 2.75. The molecule has 0 radical (unpaired) electrons. The maximum atomic E-state index is 13.5. The highest BCUT2D eigenvalue weighted by atomic mass is 16.7. The van der Waals surface area contributed by atoms with E-state index >= 15 is 0 Å². The Labute approximate surface area is 206 Å². The second-order valence-electron chi connectivity index (χ2n) is 11.7. The van der Waals surface area contributed by atoms with Gasteiger partial charge in [-0.1, -0.05) is 56.4 Å². The van der Waals surface area contributed by atoms with E-state index in [1.165, 1.54) is 5.57 Å². The molecule has 4 fully saturated rings. The van der Waals surface area contributed by atoms with Gasteiger partial charge in [0.05, 0.1) is 12.2 Å². The third kappa shape index (κ3) is 2.94. The summed E-state index contributed by atoms with van der Waals surface area (Å²) < 4.78 is 13.0. The molecule has 0 amide bonds. The lowest BCUT2D eigenvalue weighted by molar-refractivity contribution is -0.201. The van der Waals surface area contributed by atoms with Crippen LogP contribution >= 0.6 is 0 Å². The summed E-state index contributed by atoms with van der Waals surface area (Å²) in [5, 5.41) is 21.8. The van der Waals surface area contributed by atoms with Crippen LogP contribution in [0.1, 0.15) is 51.4 Å². The number of ether oxygens (including phenoxy) is 2. The van der Waals surface area contributed by atoms with Crippen LogP contribution in [0, 0.1) is 28.6 Å². The molecule has 4 aliphatic carbocycles. The van der Waals surface area contributed by atoms with Crippen LogP contribution in [0.5, 0.6) is 0 Å². The second kappa shape index (κ2) is 7.62. The smallest absolute Gasteiger partial charge is 0.193 e. The second-order valence-corrected chi connectivity index (χ2v) is 11.7. The van der Waals surface area contributed by atoms with Crippen molar-refractivity contribution in [2.75, 3.05) is 12.3 Å². The fourth-order valence-electron chi connectivity index (χ4n) is 8.56. The third-order valence-electron chi connectivity index (χ3n) is 10.1. The Morgan fingerprint density at radius 1 is 1.26 bits per heavy atom. The molecule has 0 spiro atoms. The summed E-state index contributed by atoms with van der Waals surface area (Å²) in [4.78, 5) is 13.5. The first-order chi connectivity index (χ1) is 16.6. The molecule has 3 saturated carbocycles. The molecule has 9 atom stereocenters. The molecule has 35 heavy (non-hydrogen) atoms. The van der Waals surface area contributed by atoms with Gasteiger partial charge in [0.15, 0.2) is 17.7 Å². The Morgan fingerprint density at radius 2 is 2.00 bits per heavy atom. The molecule has 1 aromatic rings. The van der Waals surface area contributed by atoms with Crippen LogP contribution in [-0.2, 0) is 14.3 Å². The molecule has 1 saturated heterocycles. The minimum absolute atomic E-state index is 0.0536. The summed E-state index contributed by atoms with van der Waals surface area (Å²) in [5.74, 6) is 0.0595. The average molecular weight is 478 g/mol. The zero-order valence-electron chi connectivity index (χ0n) is 20.4. The number of ketones is 1. The number of benzene rings is 1. The number of aliphatic hydroxyl groups excluding tert-OH is 2. The normalized spacial score (nSPS) is 45.8. The third-order valence-corrected chi connectivity index (χ3v) is 10.1. The molecular weight excluding hydrogens is 442 g/mol. The summed E-state index contributed by atoms with van der Waals surface area (Å²) >= 11 is 0. The highest BCUT2D eigenvalue weighted by molar-refractivity contribution is 5.91. The molecule has 9 unspecified atom stereocenters. The number of rotatable bonds is 3. The van der Waals surface area contributed by atoms with Crippen molar-refractivity contribution in [1.29, 1.82) is 0 Å².